The lowest BCUT2D eigenvalue weighted by Crippen LogP contribution is -2.42. The summed E-state index contributed by atoms with van der Waals surface area (Å²) in [6.07, 6.45) is 3.71. The molecule has 1 fully saturated rings. The second-order valence-corrected chi connectivity index (χ2v) is 7.73. The second-order valence-electron chi connectivity index (χ2n) is 6.35. The summed E-state index contributed by atoms with van der Waals surface area (Å²) in [7, 11) is 1.44. The molecule has 0 bridgehead atoms. The highest BCUT2D eigenvalue weighted by atomic mass is 32.1. The molecule has 1 atom stereocenters. The molecule has 8 heteroatoms. The van der Waals surface area contributed by atoms with Crippen molar-refractivity contribution in [1.29, 1.82) is 0 Å². The van der Waals surface area contributed by atoms with Gasteiger partial charge in [-0.1, -0.05) is 29.9 Å². The lowest BCUT2D eigenvalue weighted by Gasteiger charge is -2.34. The van der Waals surface area contributed by atoms with Crippen LogP contribution in [0.5, 0.6) is 0 Å². The van der Waals surface area contributed by atoms with Crippen molar-refractivity contribution in [1.82, 2.24) is 19.1 Å². The molecule has 0 unspecified atom stereocenters. The molecule has 4 rings (SSSR count). The maximum absolute atomic E-state index is 11.7. The third-order valence-electron chi connectivity index (χ3n) is 4.81. The number of benzene rings is 1. The van der Waals surface area contributed by atoms with Gasteiger partial charge in [0, 0.05) is 12.6 Å². The SMILES string of the molecule is COC(=O)C[C@H]1CCCCN1Cn1nc2sc3ccccc3n2c1=S. The number of piperidine rings is 1. The Kier molecular flexibility index (Phi) is 4.58. The average Bonchev–Trinajstić information content (AvgIpc) is 3.13. The summed E-state index contributed by atoms with van der Waals surface area (Å²) in [4.78, 5) is 14.9. The number of para-hydroxylation sites is 1. The topological polar surface area (TPSA) is 51.8 Å². The van der Waals surface area contributed by atoms with Crippen molar-refractivity contribution in [3.8, 4) is 0 Å². The lowest BCUT2D eigenvalue weighted by molar-refractivity contribution is -0.142. The number of rotatable bonds is 4. The van der Waals surface area contributed by atoms with Crippen LogP contribution in [0.1, 0.15) is 25.7 Å². The first-order valence-corrected chi connectivity index (χ1v) is 9.68. The van der Waals surface area contributed by atoms with Gasteiger partial charge in [-0.2, -0.15) is 0 Å². The van der Waals surface area contributed by atoms with Gasteiger partial charge in [0.2, 0.25) is 9.73 Å². The Bertz CT molecular complexity index is 974. The Morgan fingerprint density at radius 3 is 3.08 bits per heavy atom. The van der Waals surface area contributed by atoms with Gasteiger partial charge in [0.15, 0.2) is 0 Å². The quantitative estimate of drug-likeness (QED) is 0.516. The zero-order valence-corrected chi connectivity index (χ0v) is 15.7. The number of ether oxygens (including phenoxy) is 1. The van der Waals surface area contributed by atoms with Crippen molar-refractivity contribution in [2.75, 3.05) is 13.7 Å². The maximum Gasteiger partial charge on any atom is 0.307 e. The van der Waals surface area contributed by atoms with Crippen LogP contribution in [0, 0.1) is 4.77 Å². The fraction of sp³-hybridized carbons (Fsp3) is 0.471. The third-order valence-corrected chi connectivity index (χ3v) is 6.22. The number of esters is 1. The monoisotopic (exact) mass is 376 g/mol. The summed E-state index contributed by atoms with van der Waals surface area (Å²) in [5.41, 5.74) is 1.10. The first-order chi connectivity index (χ1) is 12.2. The van der Waals surface area contributed by atoms with Gasteiger partial charge in [-0.3, -0.25) is 14.1 Å². The molecule has 2 aromatic heterocycles. The van der Waals surface area contributed by atoms with Crippen molar-refractivity contribution < 1.29 is 9.53 Å². The summed E-state index contributed by atoms with van der Waals surface area (Å²) in [6, 6.07) is 8.40. The molecule has 1 aliphatic rings. The number of likely N-dealkylation sites (tertiary alicyclic amines) is 1. The molecule has 0 aliphatic carbocycles. The molecule has 0 spiro atoms. The summed E-state index contributed by atoms with van der Waals surface area (Å²) in [5, 5.41) is 4.71. The fourth-order valence-electron chi connectivity index (χ4n) is 3.50. The van der Waals surface area contributed by atoms with Crippen molar-refractivity contribution in [3.63, 3.8) is 0 Å². The predicted molar refractivity (Wildman–Crippen MR) is 100 cm³/mol. The molecule has 1 aromatic carbocycles. The standard InChI is InChI=1S/C17H20N4O2S2/c1-23-15(22)10-12-6-4-5-9-19(12)11-20-17(24)21-13-7-2-3-8-14(13)25-16(21)18-20/h2-3,7-8,12H,4-6,9-11H2,1H3/t12-/m1/s1. The highest BCUT2D eigenvalue weighted by Gasteiger charge is 2.26. The third kappa shape index (κ3) is 3.09. The molecule has 0 saturated carbocycles. The van der Waals surface area contributed by atoms with Crippen LogP contribution >= 0.6 is 23.6 Å². The minimum Gasteiger partial charge on any atom is -0.469 e. The number of methoxy groups -OCH3 is 1. The number of carbonyl (C=O) groups excluding carboxylic acids is 1. The molecule has 6 nitrogen and oxygen atoms in total. The van der Waals surface area contributed by atoms with Crippen LogP contribution in [0.15, 0.2) is 24.3 Å². The van der Waals surface area contributed by atoms with E-state index in [1.165, 1.54) is 11.8 Å². The van der Waals surface area contributed by atoms with E-state index >= 15 is 0 Å². The fourth-order valence-corrected chi connectivity index (χ4v) is 4.87. The normalized spacial score (nSPS) is 18.8. The summed E-state index contributed by atoms with van der Waals surface area (Å²) in [5.74, 6) is -0.155. The van der Waals surface area contributed by atoms with Crippen molar-refractivity contribution >= 4 is 44.7 Å². The van der Waals surface area contributed by atoms with Crippen LogP contribution in [0.3, 0.4) is 0 Å². The molecular weight excluding hydrogens is 356 g/mol. The van der Waals surface area contributed by atoms with Gasteiger partial charge in [0.05, 0.1) is 30.4 Å². The number of carbonyl (C=O) groups is 1. The van der Waals surface area contributed by atoms with E-state index in [2.05, 4.69) is 17.0 Å². The number of hydrogen-bond acceptors (Lipinski definition) is 6. The van der Waals surface area contributed by atoms with Gasteiger partial charge >= 0.3 is 5.97 Å². The second kappa shape index (κ2) is 6.86. The van der Waals surface area contributed by atoms with Gasteiger partial charge in [-0.15, -0.1) is 5.10 Å². The summed E-state index contributed by atoms with van der Waals surface area (Å²) < 4.78 is 10.7. The average molecular weight is 377 g/mol. The van der Waals surface area contributed by atoms with Crippen molar-refractivity contribution in [3.05, 3.63) is 29.0 Å². The van der Waals surface area contributed by atoms with Crippen LogP contribution in [0.25, 0.3) is 15.2 Å². The molecule has 0 amide bonds. The molecular formula is C17H20N4O2S2. The smallest absolute Gasteiger partial charge is 0.307 e. The van der Waals surface area contributed by atoms with E-state index in [-0.39, 0.29) is 12.0 Å². The molecule has 3 aromatic rings. The molecule has 0 radical (unpaired) electrons. The minimum absolute atomic E-state index is 0.155. The van der Waals surface area contributed by atoms with Gasteiger partial charge in [0.1, 0.15) is 0 Å². The van der Waals surface area contributed by atoms with Crippen LogP contribution in [-0.2, 0) is 16.2 Å². The van der Waals surface area contributed by atoms with Crippen molar-refractivity contribution in [2.45, 2.75) is 38.4 Å². The van der Waals surface area contributed by atoms with Crippen LogP contribution in [-0.4, -0.2) is 44.7 Å². The van der Waals surface area contributed by atoms with Gasteiger partial charge in [-0.05, 0) is 37.2 Å². The van der Waals surface area contributed by atoms with E-state index in [4.69, 9.17) is 22.1 Å². The van der Waals surface area contributed by atoms with E-state index in [1.54, 1.807) is 11.3 Å². The minimum atomic E-state index is -0.155. The maximum atomic E-state index is 11.7. The summed E-state index contributed by atoms with van der Waals surface area (Å²) >= 11 is 7.32. The van der Waals surface area contributed by atoms with Crippen LogP contribution in [0.2, 0.25) is 0 Å². The van der Waals surface area contributed by atoms with E-state index in [1.807, 2.05) is 21.2 Å². The van der Waals surface area contributed by atoms with Crippen LogP contribution < -0.4 is 0 Å². The zero-order chi connectivity index (χ0) is 17.4. The van der Waals surface area contributed by atoms with Gasteiger partial charge < -0.3 is 4.74 Å². The Hall–Kier alpha value is -1.77. The van der Waals surface area contributed by atoms with Crippen molar-refractivity contribution in [2.24, 2.45) is 0 Å². The molecule has 1 aliphatic heterocycles. The van der Waals surface area contributed by atoms with Gasteiger partial charge in [-0.25, -0.2) is 4.68 Å². The van der Waals surface area contributed by atoms with Crippen LogP contribution in [0.4, 0.5) is 0 Å². The Morgan fingerprint density at radius 1 is 1.40 bits per heavy atom. The molecule has 1 saturated heterocycles. The number of nitrogens with zero attached hydrogens (tertiary/aromatic N) is 4. The van der Waals surface area contributed by atoms with E-state index < -0.39 is 0 Å². The number of aromatic nitrogens is 3. The van der Waals surface area contributed by atoms with Gasteiger partial charge in [0.25, 0.3) is 0 Å². The first kappa shape index (κ1) is 16.7. The predicted octanol–water partition coefficient (Wildman–Crippen LogP) is 3.46. The lowest BCUT2D eigenvalue weighted by atomic mass is 10.00. The highest BCUT2D eigenvalue weighted by molar-refractivity contribution is 7.71. The number of hydrogen-bond donors (Lipinski definition) is 0. The van der Waals surface area contributed by atoms with E-state index in [9.17, 15) is 4.79 Å². The Balaban J connectivity index is 1.64. The highest BCUT2D eigenvalue weighted by Crippen LogP contribution is 2.26. The summed E-state index contributed by atoms with van der Waals surface area (Å²) in [6.45, 7) is 1.57. The molecule has 25 heavy (non-hydrogen) atoms. The largest absolute Gasteiger partial charge is 0.469 e. The van der Waals surface area contributed by atoms with E-state index in [0.29, 0.717) is 17.9 Å². The van der Waals surface area contributed by atoms with E-state index in [0.717, 1.165) is 36.3 Å². The Labute approximate surface area is 154 Å². The Morgan fingerprint density at radius 2 is 2.24 bits per heavy atom. The zero-order valence-electron chi connectivity index (χ0n) is 14.1. The number of fused-ring (bicyclic) bond motifs is 3. The molecule has 3 heterocycles. The number of thiazole rings is 1. The molecule has 0 N–H and O–H groups in total. The molecule has 132 valence electrons. The first-order valence-electron chi connectivity index (χ1n) is 8.45.